The normalized spacial score (nSPS) is 19.6. The highest BCUT2D eigenvalue weighted by atomic mass is 32.1. The molecule has 0 amide bonds. The van der Waals surface area contributed by atoms with E-state index in [0.717, 1.165) is 24.6 Å². The predicted molar refractivity (Wildman–Crippen MR) is 82.1 cm³/mol. The van der Waals surface area contributed by atoms with Crippen LogP contribution >= 0.6 is 11.3 Å². The van der Waals surface area contributed by atoms with Crippen molar-refractivity contribution >= 4 is 22.0 Å². The molecule has 3 N–H and O–H groups in total. The molecule has 1 heterocycles. The third-order valence-corrected chi connectivity index (χ3v) is 5.57. The summed E-state index contributed by atoms with van der Waals surface area (Å²) in [6.07, 6.45) is 6.06. The van der Waals surface area contributed by atoms with Gasteiger partial charge in [-0.25, -0.2) is 0 Å². The SMILES string of the molecule is COCCC1(CNc2sc(C#N)c(N)c2C2CC2)CC1. The Bertz CT molecular complexity index is 538. The number of nitrogens with one attached hydrogen (secondary N) is 1. The van der Waals surface area contributed by atoms with Crippen LogP contribution in [0.2, 0.25) is 0 Å². The Balaban J connectivity index is 1.70. The van der Waals surface area contributed by atoms with Crippen LogP contribution in [0.1, 0.15) is 48.5 Å². The van der Waals surface area contributed by atoms with Crippen LogP contribution in [0.5, 0.6) is 0 Å². The zero-order valence-corrected chi connectivity index (χ0v) is 12.7. The van der Waals surface area contributed by atoms with Crippen molar-refractivity contribution in [3.8, 4) is 6.07 Å². The molecule has 2 fully saturated rings. The zero-order chi connectivity index (χ0) is 14.2. The van der Waals surface area contributed by atoms with E-state index in [1.807, 2.05) is 0 Å². The molecular formula is C15H21N3OS. The van der Waals surface area contributed by atoms with Gasteiger partial charge in [0.1, 0.15) is 10.9 Å². The zero-order valence-electron chi connectivity index (χ0n) is 11.9. The van der Waals surface area contributed by atoms with Crippen molar-refractivity contribution in [2.75, 3.05) is 31.3 Å². The van der Waals surface area contributed by atoms with Gasteiger partial charge in [-0.05, 0) is 43.4 Å². The van der Waals surface area contributed by atoms with Crippen LogP contribution < -0.4 is 11.1 Å². The Morgan fingerprint density at radius 3 is 2.80 bits per heavy atom. The minimum atomic E-state index is 0.405. The molecular weight excluding hydrogens is 270 g/mol. The Morgan fingerprint density at radius 1 is 1.50 bits per heavy atom. The molecule has 0 aliphatic heterocycles. The van der Waals surface area contributed by atoms with E-state index in [9.17, 15) is 0 Å². The molecule has 0 saturated heterocycles. The summed E-state index contributed by atoms with van der Waals surface area (Å²) in [4.78, 5) is 0.663. The van der Waals surface area contributed by atoms with E-state index in [2.05, 4.69) is 11.4 Å². The van der Waals surface area contributed by atoms with E-state index in [1.54, 1.807) is 7.11 Å². The van der Waals surface area contributed by atoms with Gasteiger partial charge in [-0.2, -0.15) is 5.26 Å². The van der Waals surface area contributed by atoms with E-state index < -0.39 is 0 Å². The summed E-state index contributed by atoms with van der Waals surface area (Å²) in [5, 5.41) is 13.9. The van der Waals surface area contributed by atoms with E-state index in [4.69, 9.17) is 15.7 Å². The molecule has 0 unspecified atom stereocenters. The summed E-state index contributed by atoms with van der Waals surface area (Å²) in [6.45, 7) is 1.80. The number of nitrogen functional groups attached to an aromatic ring is 1. The molecule has 4 nitrogen and oxygen atoms in total. The van der Waals surface area contributed by atoms with Crippen LogP contribution in [0.15, 0.2) is 0 Å². The predicted octanol–water partition coefficient (Wildman–Crippen LogP) is 3.31. The Labute approximate surface area is 123 Å². The lowest BCUT2D eigenvalue weighted by molar-refractivity contribution is 0.175. The molecule has 0 bridgehead atoms. The van der Waals surface area contributed by atoms with Gasteiger partial charge in [-0.15, -0.1) is 11.3 Å². The lowest BCUT2D eigenvalue weighted by Crippen LogP contribution is -2.17. The fraction of sp³-hybridized carbons (Fsp3) is 0.667. The standard InChI is InChI=1S/C15H21N3OS/c1-19-7-6-15(4-5-15)9-18-14-12(10-2-3-10)13(17)11(8-16)20-14/h10,18H,2-7,9,17H2,1H3. The van der Waals surface area contributed by atoms with Crippen LogP contribution in [0.25, 0.3) is 0 Å². The molecule has 2 saturated carbocycles. The number of thiophene rings is 1. The van der Waals surface area contributed by atoms with Gasteiger partial charge >= 0.3 is 0 Å². The molecule has 2 aliphatic carbocycles. The van der Waals surface area contributed by atoms with E-state index >= 15 is 0 Å². The molecule has 0 aromatic carbocycles. The number of anilines is 2. The number of rotatable bonds is 7. The molecule has 5 heteroatoms. The highest BCUT2D eigenvalue weighted by Gasteiger charge is 2.42. The van der Waals surface area contributed by atoms with Crippen LogP contribution in [-0.2, 0) is 4.74 Å². The molecule has 1 aromatic rings. The number of nitrogens with two attached hydrogens (primary N) is 1. The van der Waals surface area contributed by atoms with Gasteiger partial charge in [-0.1, -0.05) is 0 Å². The molecule has 0 spiro atoms. The van der Waals surface area contributed by atoms with Crippen molar-refractivity contribution in [3.05, 3.63) is 10.4 Å². The Hall–Kier alpha value is -1.25. The first-order chi connectivity index (χ1) is 9.69. The smallest absolute Gasteiger partial charge is 0.130 e. The van der Waals surface area contributed by atoms with Gasteiger partial charge in [-0.3, -0.25) is 0 Å². The Kier molecular flexibility index (Phi) is 3.61. The fourth-order valence-corrected chi connectivity index (χ4v) is 3.73. The lowest BCUT2D eigenvalue weighted by atomic mass is 10.0. The first-order valence-corrected chi connectivity index (χ1v) is 8.06. The third-order valence-electron chi connectivity index (χ3n) is 4.49. The summed E-state index contributed by atoms with van der Waals surface area (Å²) in [5.74, 6) is 0.574. The first-order valence-electron chi connectivity index (χ1n) is 7.24. The second-order valence-electron chi connectivity index (χ2n) is 6.07. The highest BCUT2D eigenvalue weighted by Crippen LogP contribution is 2.52. The highest BCUT2D eigenvalue weighted by molar-refractivity contribution is 7.17. The maximum Gasteiger partial charge on any atom is 0.130 e. The van der Waals surface area contributed by atoms with E-state index in [1.165, 1.54) is 42.6 Å². The minimum absolute atomic E-state index is 0.405. The lowest BCUT2D eigenvalue weighted by Gasteiger charge is -2.16. The topological polar surface area (TPSA) is 71.1 Å². The fourth-order valence-electron chi connectivity index (χ4n) is 2.73. The van der Waals surface area contributed by atoms with E-state index in [-0.39, 0.29) is 0 Å². The second kappa shape index (κ2) is 5.27. The van der Waals surface area contributed by atoms with E-state index in [0.29, 0.717) is 21.9 Å². The van der Waals surface area contributed by atoms with Crippen molar-refractivity contribution in [2.24, 2.45) is 5.41 Å². The number of ether oxygens (including phenoxy) is 1. The maximum absolute atomic E-state index is 9.15. The molecule has 0 radical (unpaired) electrons. The number of nitrogens with zero attached hydrogens (tertiary/aromatic N) is 1. The summed E-state index contributed by atoms with van der Waals surface area (Å²) in [5.41, 5.74) is 8.44. The third kappa shape index (κ3) is 2.63. The van der Waals surface area contributed by atoms with Gasteiger partial charge < -0.3 is 15.8 Å². The van der Waals surface area contributed by atoms with Gasteiger partial charge in [0, 0.05) is 25.8 Å². The molecule has 20 heavy (non-hydrogen) atoms. The monoisotopic (exact) mass is 291 g/mol. The van der Waals surface area contributed by atoms with Crippen molar-refractivity contribution in [1.82, 2.24) is 0 Å². The van der Waals surface area contributed by atoms with Crippen molar-refractivity contribution in [2.45, 2.75) is 38.0 Å². The van der Waals surface area contributed by atoms with Gasteiger partial charge in [0.2, 0.25) is 0 Å². The number of methoxy groups -OCH3 is 1. The van der Waals surface area contributed by atoms with Crippen LogP contribution in [0.3, 0.4) is 0 Å². The summed E-state index contributed by atoms with van der Waals surface area (Å²) < 4.78 is 5.19. The minimum Gasteiger partial charge on any atom is -0.397 e. The van der Waals surface area contributed by atoms with Gasteiger partial charge in [0.25, 0.3) is 0 Å². The maximum atomic E-state index is 9.15. The van der Waals surface area contributed by atoms with Gasteiger partial charge in [0.05, 0.1) is 10.7 Å². The molecule has 108 valence electrons. The number of hydrogen-bond acceptors (Lipinski definition) is 5. The summed E-state index contributed by atoms with van der Waals surface area (Å²) in [7, 11) is 1.76. The average Bonchev–Trinajstić information content (AvgIpc) is 3.36. The average molecular weight is 291 g/mol. The van der Waals surface area contributed by atoms with Crippen molar-refractivity contribution < 1.29 is 4.74 Å². The molecule has 2 aliphatic rings. The van der Waals surface area contributed by atoms with Gasteiger partial charge in [0.15, 0.2) is 0 Å². The molecule has 1 aromatic heterocycles. The van der Waals surface area contributed by atoms with Crippen LogP contribution in [0, 0.1) is 16.7 Å². The van der Waals surface area contributed by atoms with Crippen molar-refractivity contribution in [3.63, 3.8) is 0 Å². The largest absolute Gasteiger partial charge is 0.397 e. The molecule has 0 atom stereocenters. The Morgan fingerprint density at radius 2 is 2.25 bits per heavy atom. The summed E-state index contributed by atoms with van der Waals surface area (Å²) >= 11 is 1.52. The van der Waals surface area contributed by atoms with Crippen LogP contribution in [-0.4, -0.2) is 20.3 Å². The van der Waals surface area contributed by atoms with Crippen molar-refractivity contribution in [1.29, 1.82) is 5.26 Å². The van der Waals surface area contributed by atoms with Crippen LogP contribution in [0.4, 0.5) is 10.7 Å². The first kappa shape index (κ1) is 13.7. The second-order valence-corrected chi connectivity index (χ2v) is 7.09. The summed E-state index contributed by atoms with van der Waals surface area (Å²) in [6, 6.07) is 2.22. The number of hydrogen-bond donors (Lipinski definition) is 2. The quantitative estimate of drug-likeness (QED) is 0.808. The molecule has 3 rings (SSSR count). The number of nitriles is 1.